The predicted molar refractivity (Wildman–Crippen MR) is 145 cm³/mol. The predicted octanol–water partition coefficient (Wildman–Crippen LogP) is 4.43. The first-order chi connectivity index (χ1) is 18.5. The maximum Gasteiger partial charge on any atom is 0.329 e. The van der Waals surface area contributed by atoms with Crippen molar-refractivity contribution in [2.45, 2.75) is 89.6 Å². The average Bonchev–Trinajstić information content (AvgIpc) is 3.34. The second-order valence-electron chi connectivity index (χ2n) is 10.4. The molecule has 204 valence electrons. The Morgan fingerprint density at radius 1 is 0.947 bits per heavy atom. The van der Waals surface area contributed by atoms with Crippen LogP contribution in [0.25, 0.3) is 0 Å². The molecule has 1 saturated heterocycles. The zero-order valence-electron chi connectivity index (χ0n) is 22.5. The molecule has 0 bridgehead atoms. The molecular formula is C31H40N2O5. The molecule has 38 heavy (non-hydrogen) atoms. The van der Waals surface area contributed by atoms with E-state index in [0.29, 0.717) is 25.2 Å². The second-order valence-corrected chi connectivity index (χ2v) is 10.4. The third-order valence-electron chi connectivity index (χ3n) is 7.80. The Kier molecular flexibility index (Phi) is 9.93. The first-order valence-electron chi connectivity index (χ1n) is 14.0. The van der Waals surface area contributed by atoms with E-state index in [0.717, 1.165) is 36.8 Å². The Morgan fingerprint density at radius 3 is 2.29 bits per heavy atom. The van der Waals surface area contributed by atoms with Gasteiger partial charge in [0.1, 0.15) is 18.7 Å². The number of aryl methyl sites for hydroxylation is 1. The second kappa shape index (κ2) is 13.6. The minimum Gasteiger partial charge on any atom is -0.465 e. The number of rotatable bonds is 11. The summed E-state index contributed by atoms with van der Waals surface area (Å²) >= 11 is 0. The van der Waals surface area contributed by atoms with Crippen LogP contribution in [0.15, 0.2) is 60.7 Å². The highest BCUT2D eigenvalue weighted by molar-refractivity contribution is 5.89. The van der Waals surface area contributed by atoms with Gasteiger partial charge in [-0.3, -0.25) is 14.9 Å². The molecule has 2 fully saturated rings. The Morgan fingerprint density at radius 2 is 1.61 bits per heavy atom. The molecule has 1 heterocycles. The van der Waals surface area contributed by atoms with Gasteiger partial charge in [0.15, 0.2) is 0 Å². The molecule has 7 nitrogen and oxygen atoms in total. The van der Waals surface area contributed by atoms with Crippen LogP contribution in [0, 0.1) is 5.92 Å². The topological polar surface area (TPSA) is 84.9 Å². The zero-order valence-corrected chi connectivity index (χ0v) is 22.5. The number of carbonyl (C=O) groups excluding carboxylic acids is 3. The molecule has 1 aliphatic heterocycles. The van der Waals surface area contributed by atoms with Crippen LogP contribution >= 0.6 is 0 Å². The molecule has 2 aromatic carbocycles. The Bertz CT molecular complexity index is 1060. The van der Waals surface area contributed by atoms with Gasteiger partial charge in [0.2, 0.25) is 5.91 Å². The number of nitrogens with zero attached hydrogens (tertiary/aromatic N) is 1. The largest absolute Gasteiger partial charge is 0.465 e. The lowest BCUT2D eigenvalue weighted by atomic mass is 9.84. The van der Waals surface area contributed by atoms with Gasteiger partial charge < -0.3 is 14.4 Å². The summed E-state index contributed by atoms with van der Waals surface area (Å²) < 4.78 is 11.0. The van der Waals surface area contributed by atoms with Crippen molar-refractivity contribution in [1.82, 2.24) is 10.2 Å². The third-order valence-corrected chi connectivity index (χ3v) is 7.80. The number of carbonyl (C=O) groups is 3. The summed E-state index contributed by atoms with van der Waals surface area (Å²) in [6, 6.07) is 17.7. The molecule has 2 aromatic rings. The van der Waals surface area contributed by atoms with Crippen LogP contribution in [-0.2, 0) is 36.9 Å². The zero-order chi connectivity index (χ0) is 26.9. The normalized spacial score (nSPS) is 22.3. The molecule has 1 amide bonds. The summed E-state index contributed by atoms with van der Waals surface area (Å²) in [7, 11) is 0. The number of amides is 1. The van der Waals surface area contributed by atoms with E-state index >= 15 is 0 Å². The molecule has 4 rings (SSSR count). The Hall–Kier alpha value is -3.19. The number of hydrogen-bond acceptors (Lipinski definition) is 6. The minimum absolute atomic E-state index is 0.0279. The summed E-state index contributed by atoms with van der Waals surface area (Å²) in [5.41, 5.74) is 2.04. The van der Waals surface area contributed by atoms with Crippen LogP contribution in [0.3, 0.4) is 0 Å². The first-order valence-corrected chi connectivity index (χ1v) is 14.0. The van der Waals surface area contributed by atoms with Crippen molar-refractivity contribution in [1.29, 1.82) is 0 Å². The molecule has 7 heteroatoms. The third kappa shape index (κ3) is 7.01. The number of nitrogens with one attached hydrogen (secondary N) is 1. The van der Waals surface area contributed by atoms with Gasteiger partial charge in [0.25, 0.3) is 0 Å². The molecule has 0 spiro atoms. The summed E-state index contributed by atoms with van der Waals surface area (Å²) in [4.78, 5) is 41.7. The molecule has 1 saturated carbocycles. The van der Waals surface area contributed by atoms with Gasteiger partial charge >= 0.3 is 11.9 Å². The van der Waals surface area contributed by atoms with Crippen molar-refractivity contribution in [3.63, 3.8) is 0 Å². The van der Waals surface area contributed by atoms with Gasteiger partial charge in [0.05, 0.1) is 12.6 Å². The average molecular weight is 521 g/mol. The lowest BCUT2D eigenvalue weighted by Crippen LogP contribution is -2.56. The molecule has 0 radical (unpaired) electrons. The van der Waals surface area contributed by atoms with E-state index in [2.05, 4.69) is 5.32 Å². The molecule has 1 N–H and O–H groups in total. The summed E-state index contributed by atoms with van der Waals surface area (Å²) in [5.74, 6) is -0.572. The van der Waals surface area contributed by atoms with Crippen LogP contribution < -0.4 is 5.32 Å². The highest BCUT2D eigenvalue weighted by atomic mass is 16.5. The molecule has 2 aliphatic rings. The fraction of sp³-hybridized carbons (Fsp3) is 0.516. The van der Waals surface area contributed by atoms with Gasteiger partial charge in [-0.1, -0.05) is 73.5 Å². The highest BCUT2D eigenvalue weighted by Crippen LogP contribution is 2.40. The van der Waals surface area contributed by atoms with Crippen LogP contribution in [0.1, 0.15) is 63.5 Å². The van der Waals surface area contributed by atoms with Crippen LogP contribution in [0.2, 0.25) is 0 Å². The van der Waals surface area contributed by atoms with E-state index in [1.54, 1.807) is 18.7 Å². The standard InChI is InChI=1S/C31H40N2O5/c1-3-37-30(35)26(19-18-23-12-6-4-7-13-23)32-22(2)29(34)33-27-17-11-10-16-25(27)20-28(33)31(36)38-21-24-14-8-5-9-15-24/h4-9,12-15,22,25-28,32H,3,10-11,16-21H2,1-2H3/t22-,25-,26-,27+,28+/m0/s1. The maximum absolute atomic E-state index is 13.9. The number of fused-ring (bicyclic) bond motifs is 1. The van der Waals surface area contributed by atoms with E-state index in [1.165, 1.54) is 0 Å². The van der Waals surface area contributed by atoms with Crippen LogP contribution in [-0.4, -0.2) is 53.5 Å². The van der Waals surface area contributed by atoms with Crippen LogP contribution in [0.5, 0.6) is 0 Å². The quantitative estimate of drug-likeness (QED) is 0.441. The van der Waals surface area contributed by atoms with Crippen molar-refractivity contribution in [2.24, 2.45) is 5.92 Å². The molecule has 0 aromatic heterocycles. The summed E-state index contributed by atoms with van der Waals surface area (Å²) in [6.07, 6.45) is 5.89. The smallest absolute Gasteiger partial charge is 0.329 e. The number of ether oxygens (including phenoxy) is 2. The first kappa shape index (κ1) is 27.8. The van der Waals surface area contributed by atoms with E-state index in [9.17, 15) is 14.4 Å². The fourth-order valence-electron chi connectivity index (χ4n) is 5.88. The van der Waals surface area contributed by atoms with Gasteiger partial charge in [-0.2, -0.15) is 0 Å². The summed E-state index contributed by atoms with van der Waals surface area (Å²) in [5, 5.41) is 3.24. The van der Waals surface area contributed by atoms with E-state index in [-0.39, 0.29) is 37.1 Å². The Labute approximate surface area is 225 Å². The van der Waals surface area contributed by atoms with E-state index in [4.69, 9.17) is 9.47 Å². The molecule has 1 aliphatic carbocycles. The Balaban J connectivity index is 1.45. The van der Waals surface area contributed by atoms with Crippen LogP contribution in [0.4, 0.5) is 0 Å². The highest BCUT2D eigenvalue weighted by Gasteiger charge is 2.49. The molecule has 0 unspecified atom stereocenters. The van der Waals surface area contributed by atoms with Gasteiger partial charge in [-0.15, -0.1) is 0 Å². The van der Waals surface area contributed by atoms with E-state index < -0.39 is 18.1 Å². The van der Waals surface area contributed by atoms with Gasteiger partial charge in [0, 0.05) is 6.04 Å². The number of esters is 2. The van der Waals surface area contributed by atoms with E-state index in [1.807, 2.05) is 60.7 Å². The minimum atomic E-state index is -0.648. The lowest BCUT2D eigenvalue weighted by Gasteiger charge is -2.35. The number of benzene rings is 2. The van der Waals surface area contributed by atoms with Crippen molar-refractivity contribution < 1.29 is 23.9 Å². The van der Waals surface area contributed by atoms with Crippen molar-refractivity contribution in [2.75, 3.05) is 6.61 Å². The van der Waals surface area contributed by atoms with Crippen molar-refractivity contribution in [3.05, 3.63) is 71.8 Å². The van der Waals surface area contributed by atoms with Gasteiger partial charge in [-0.25, -0.2) is 4.79 Å². The lowest BCUT2D eigenvalue weighted by molar-refractivity contribution is -0.157. The fourth-order valence-corrected chi connectivity index (χ4v) is 5.88. The number of likely N-dealkylation sites (tertiary alicyclic amines) is 1. The maximum atomic E-state index is 13.9. The SMILES string of the molecule is CCOC(=O)[C@H](CCc1ccccc1)N[C@@H](C)C(=O)N1[C@@H](C(=O)OCc2ccccc2)C[C@@H]2CCCC[C@H]21. The van der Waals surface area contributed by atoms with Crippen molar-refractivity contribution in [3.8, 4) is 0 Å². The summed E-state index contributed by atoms with van der Waals surface area (Å²) in [6.45, 7) is 4.01. The van der Waals surface area contributed by atoms with Gasteiger partial charge in [-0.05, 0) is 63.0 Å². The number of hydrogen-bond donors (Lipinski definition) is 1. The molecular weight excluding hydrogens is 480 g/mol. The molecule has 5 atom stereocenters. The van der Waals surface area contributed by atoms with Crippen molar-refractivity contribution >= 4 is 17.8 Å². The monoisotopic (exact) mass is 520 g/mol.